The van der Waals surface area contributed by atoms with Crippen LogP contribution < -0.4 is 5.32 Å². The van der Waals surface area contributed by atoms with Crippen LogP contribution in [0.2, 0.25) is 0 Å². The number of aliphatic hydroxyl groups excluding tert-OH is 1. The number of benzene rings is 1. The summed E-state index contributed by atoms with van der Waals surface area (Å²) >= 11 is 0. The van der Waals surface area contributed by atoms with Crippen molar-refractivity contribution in [2.45, 2.75) is 26.0 Å². The van der Waals surface area contributed by atoms with E-state index in [1.807, 2.05) is 31.2 Å². The molecule has 0 aromatic heterocycles. The molecule has 0 bridgehead atoms. The van der Waals surface area contributed by atoms with Crippen molar-refractivity contribution >= 4 is 11.9 Å². The fourth-order valence-electron chi connectivity index (χ4n) is 3.10. The van der Waals surface area contributed by atoms with Crippen molar-refractivity contribution in [3.8, 4) is 0 Å². The summed E-state index contributed by atoms with van der Waals surface area (Å²) in [6.45, 7) is 4.25. The number of carbonyl (C=O) groups is 2. The summed E-state index contributed by atoms with van der Waals surface area (Å²) in [4.78, 5) is 28.1. The van der Waals surface area contributed by atoms with E-state index in [0.29, 0.717) is 17.8 Å². The van der Waals surface area contributed by atoms with E-state index in [9.17, 15) is 14.7 Å². The molecule has 1 aromatic carbocycles. The van der Waals surface area contributed by atoms with Gasteiger partial charge in [-0.15, -0.1) is 0 Å². The summed E-state index contributed by atoms with van der Waals surface area (Å²) in [5.41, 5.74) is 3.31. The van der Waals surface area contributed by atoms with Gasteiger partial charge >= 0.3 is 6.03 Å². The molecule has 0 saturated heterocycles. The fraction of sp³-hybridized carbons (Fsp3) is 0.412. The van der Waals surface area contributed by atoms with Crippen LogP contribution in [0.4, 0.5) is 4.79 Å². The number of aryl methyl sites for hydroxylation is 1. The topological polar surface area (TPSA) is 72.9 Å². The van der Waals surface area contributed by atoms with E-state index < -0.39 is 12.1 Å². The van der Waals surface area contributed by atoms with Crippen LogP contribution in [0.15, 0.2) is 35.5 Å². The number of nitrogens with one attached hydrogen (secondary N) is 1. The Labute approximate surface area is 135 Å². The number of aliphatic hydroxyl groups is 1. The number of amides is 3. The van der Waals surface area contributed by atoms with Crippen molar-refractivity contribution in [3.63, 3.8) is 0 Å². The summed E-state index contributed by atoms with van der Waals surface area (Å²) < 4.78 is 0. The maximum absolute atomic E-state index is 12.8. The van der Waals surface area contributed by atoms with E-state index >= 15 is 0 Å². The van der Waals surface area contributed by atoms with Crippen molar-refractivity contribution in [2.75, 3.05) is 20.1 Å². The van der Waals surface area contributed by atoms with E-state index in [4.69, 9.17) is 0 Å². The second-order valence-electron chi connectivity index (χ2n) is 6.25. The first-order valence-corrected chi connectivity index (χ1v) is 7.69. The van der Waals surface area contributed by atoms with Crippen LogP contribution in [-0.4, -0.2) is 53.1 Å². The zero-order valence-corrected chi connectivity index (χ0v) is 13.5. The monoisotopic (exact) mass is 315 g/mol. The summed E-state index contributed by atoms with van der Waals surface area (Å²) in [6, 6.07) is 7.13. The molecule has 2 aliphatic rings. The highest BCUT2D eigenvalue weighted by Crippen LogP contribution is 2.35. The summed E-state index contributed by atoms with van der Waals surface area (Å²) in [6.07, 6.45) is -0.605. The van der Waals surface area contributed by atoms with E-state index in [0.717, 1.165) is 11.1 Å². The molecule has 0 aliphatic carbocycles. The molecule has 1 aromatic rings. The van der Waals surface area contributed by atoms with E-state index in [-0.39, 0.29) is 18.5 Å². The Morgan fingerprint density at radius 1 is 1.30 bits per heavy atom. The molecule has 2 aliphatic heterocycles. The van der Waals surface area contributed by atoms with Gasteiger partial charge in [0.25, 0.3) is 5.91 Å². The molecule has 1 unspecified atom stereocenters. The third-order valence-electron chi connectivity index (χ3n) is 4.33. The number of nitrogens with zero attached hydrogens (tertiary/aromatic N) is 2. The highest BCUT2D eigenvalue weighted by atomic mass is 16.3. The van der Waals surface area contributed by atoms with E-state index in [1.165, 1.54) is 4.90 Å². The van der Waals surface area contributed by atoms with Crippen molar-refractivity contribution in [3.05, 3.63) is 46.7 Å². The second-order valence-corrected chi connectivity index (χ2v) is 6.25. The maximum Gasteiger partial charge on any atom is 0.322 e. The van der Waals surface area contributed by atoms with Gasteiger partial charge in [0.15, 0.2) is 0 Å². The molecule has 0 fully saturated rings. The lowest BCUT2D eigenvalue weighted by Crippen LogP contribution is -2.45. The molecule has 0 spiro atoms. The van der Waals surface area contributed by atoms with Gasteiger partial charge in [-0.1, -0.05) is 29.8 Å². The Hall–Kier alpha value is -2.34. The molecule has 0 radical (unpaired) electrons. The molecule has 3 amide bonds. The SMILES string of the molecule is Cc1ccc(C2NC(=O)N(C)C3=C2C(=O)N(C[C@H](C)O)C3)cc1. The lowest BCUT2D eigenvalue weighted by molar-refractivity contribution is -0.126. The molecule has 2 atom stereocenters. The van der Waals surface area contributed by atoms with Gasteiger partial charge in [0.05, 0.1) is 30.0 Å². The first-order valence-electron chi connectivity index (χ1n) is 7.69. The molecule has 2 N–H and O–H groups in total. The molecule has 0 saturated carbocycles. The van der Waals surface area contributed by atoms with Crippen molar-refractivity contribution in [1.29, 1.82) is 0 Å². The minimum atomic E-state index is -0.605. The van der Waals surface area contributed by atoms with Crippen molar-refractivity contribution in [2.24, 2.45) is 0 Å². The number of rotatable bonds is 3. The first-order chi connectivity index (χ1) is 10.9. The third-order valence-corrected chi connectivity index (χ3v) is 4.33. The number of β-amino-alcohol motifs (C(OH)–C–C–N with tert-alkyl or cyclic N) is 1. The third kappa shape index (κ3) is 2.70. The molecule has 23 heavy (non-hydrogen) atoms. The van der Waals surface area contributed by atoms with Gasteiger partial charge in [-0.3, -0.25) is 9.69 Å². The van der Waals surface area contributed by atoms with Gasteiger partial charge in [0, 0.05) is 13.6 Å². The maximum atomic E-state index is 12.8. The van der Waals surface area contributed by atoms with Crippen LogP contribution in [-0.2, 0) is 4.79 Å². The lowest BCUT2D eigenvalue weighted by Gasteiger charge is -2.31. The van der Waals surface area contributed by atoms with Gasteiger partial charge in [0.1, 0.15) is 0 Å². The number of hydrogen-bond acceptors (Lipinski definition) is 3. The predicted molar refractivity (Wildman–Crippen MR) is 85.5 cm³/mol. The molecule has 122 valence electrons. The zero-order valence-electron chi connectivity index (χ0n) is 13.5. The Morgan fingerprint density at radius 3 is 2.57 bits per heavy atom. The lowest BCUT2D eigenvalue weighted by atomic mass is 9.95. The van der Waals surface area contributed by atoms with Crippen molar-refractivity contribution in [1.82, 2.24) is 15.1 Å². The summed E-state index contributed by atoms with van der Waals surface area (Å²) in [7, 11) is 1.66. The van der Waals surface area contributed by atoms with Crippen LogP contribution >= 0.6 is 0 Å². The van der Waals surface area contributed by atoms with Crippen LogP contribution in [0, 0.1) is 6.92 Å². The normalized spacial score (nSPS) is 22.3. The quantitative estimate of drug-likeness (QED) is 0.879. The fourth-order valence-corrected chi connectivity index (χ4v) is 3.10. The molecular formula is C17H21N3O3. The molecule has 3 rings (SSSR count). The Balaban J connectivity index is 1.99. The smallest absolute Gasteiger partial charge is 0.322 e. The highest BCUT2D eigenvalue weighted by molar-refractivity contribution is 6.01. The largest absolute Gasteiger partial charge is 0.392 e. The number of carbonyl (C=O) groups excluding carboxylic acids is 2. The predicted octanol–water partition coefficient (Wildman–Crippen LogP) is 1.17. The van der Waals surface area contributed by atoms with Gasteiger partial charge < -0.3 is 15.3 Å². The van der Waals surface area contributed by atoms with Crippen LogP contribution in [0.25, 0.3) is 0 Å². The minimum absolute atomic E-state index is 0.127. The van der Waals surface area contributed by atoms with Crippen LogP contribution in [0.1, 0.15) is 24.1 Å². The highest BCUT2D eigenvalue weighted by Gasteiger charge is 2.42. The zero-order chi connectivity index (χ0) is 16.7. The number of urea groups is 1. The Kier molecular flexibility index (Phi) is 3.85. The Morgan fingerprint density at radius 2 is 1.96 bits per heavy atom. The van der Waals surface area contributed by atoms with Gasteiger partial charge in [0.2, 0.25) is 0 Å². The average Bonchev–Trinajstić information content (AvgIpc) is 2.81. The molecular weight excluding hydrogens is 294 g/mol. The first kappa shape index (κ1) is 15.6. The number of hydrogen-bond donors (Lipinski definition) is 2. The standard InChI is InChI=1S/C17H21N3O3/c1-10-4-6-12(7-5-10)15-14-13(19(3)17(23)18-15)9-20(16(14)22)8-11(2)21/h4-7,11,15,21H,8-9H2,1-3H3,(H,18,23)/t11-,15?/m0/s1. The summed E-state index contributed by atoms with van der Waals surface area (Å²) in [5.74, 6) is -0.127. The second kappa shape index (κ2) is 5.70. The average molecular weight is 315 g/mol. The molecule has 6 nitrogen and oxygen atoms in total. The minimum Gasteiger partial charge on any atom is -0.392 e. The van der Waals surface area contributed by atoms with E-state index in [1.54, 1.807) is 18.9 Å². The summed E-state index contributed by atoms with van der Waals surface area (Å²) in [5, 5.41) is 12.5. The van der Waals surface area contributed by atoms with Gasteiger partial charge in [-0.2, -0.15) is 0 Å². The molecule has 2 heterocycles. The Bertz CT molecular complexity index is 679. The number of likely N-dealkylation sites (N-methyl/N-ethyl adjacent to an activating group) is 1. The van der Waals surface area contributed by atoms with E-state index in [2.05, 4.69) is 5.32 Å². The van der Waals surface area contributed by atoms with Crippen molar-refractivity contribution < 1.29 is 14.7 Å². The van der Waals surface area contributed by atoms with Crippen LogP contribution in [0.5, 0.6) is 0 Å². The van der Waals surface area contributed by atoms with Gasteiger partial charge in [-0.25, -0.2) is 4.79 Å². The van der Waals surface area contributed by atoms with Gasteiger partial charge in [-0.05, 0) is 19.4 Å². The van der Waals surface area contributed by atoms with Crippen LogP contribution in [0.3, 0.4) is 0 Å². The molecule has 6 heteroatoms.